The highest BCUT2D eigenvalue weighted by molar-refractivity contribution is 7.89. The van der Waals surface area contributed by atoms with Gasteiger partial charge in [0.2, 0.25) is 10.0 Å². The molecule has 1 aromatic rings. The third-order valence-electron chi connectivity index (χ3n) is 3.17. The van der Waals surface area contributed by atoms with E-state index in [2.05, 4.69) is 4.74 Å². The molecule has 2 N–H and O–H groups in total. The summed E-state index contributed by atoms with van der Waals surface area (Å²) in [5, 5.41) is 0. The Balaban J connectivity index is 2.11. The Morgan fingerprint density at radius 3 is 2.45 bits per heavy atom. The van der Waals surface area contributed by atoms with Crippen LogP contribution in [0.3, 0.4) is 0 Å². The average Bonchev–Trinajstić information content (AvgIpc) is 2.46. The maximum Gasteiger partial charge on any atom is 0.409 e. The van der Waals surface area contributed by atoms with Crippen LogP contribution in [0.2, 0.25) is 0 Å². The van der Waals surface area contributed by atoms with Crippen molar-refractivity contribution in [2.75, 3.05) is 39.0 Å². The second-order valence-corrected chi connectivity index (χ2v) is 6.37. The molecule has 0 aromatic heterocycles. The highest BCUT2D eigenvalue weighted by Gasteiger charge is 2.30. The van der Waals surface area contributed by atoms with Crippen LogP contribution in [0.4, 0.5) is 10.5 Å². The topological polar surface area (TPSA) is 92.9 Å². The van der Waals surface area contributed by atoms with Crippen molar-refractivity contribution >= 4 is 21.8 Å². The van der Waals surface area contributed by atoms with Crippen molar-refractivity contribution in [1.29, 1.82) is 0 Å². The fraction of sp³-hybridized carbons (Fsp3) is 0.417. The van der Waals surface area contributed by atoms with E-state index >= 15 is 0 Å². The van der Waals surface area contributed by atoms with Crippen LogP contribution in [-0.2, 0) is 14.8 Å². The van der Waals surface area contributed by atoms with E-state index in [1.807, 2.05) is 0 Å². The van der Waals surface area contributed by atoms with Crippen LogP contribution in [0.15, 0.2) is 29.2 Å². The van der Waals surface area contributed by atoms with E-state index in [9.17, 15) is 13.2 Å². The molecule has 1 amide bonds. The Labute approximate surface area is 118 Å². The zero-order valence-corrected chi connectivity index (χ0v) is 12.0. The molecule has 8 heteroatoms. The molecule has 2 rings (SSSR count). The molecule has 110 valence electrons. The molecule has 7 nitrogen and oxygen atoms in total. The van der Waals surface area contributed by atoms with Gasteiger partial charge in [-0.2, -0.15) is 4.31 Å². The first-order valence-electron chi connectivity index (χ1n) is 6.14. The molecule has 0 aliphatic carbocycles. The molecule has 0 unspecified atom stereocenters. The van der Waals surface area contributed by atoms with Gasteiger partial charge >= 0.3 is 6.09 Å². The van der Waals surface area contributed by atoms with E-state index < -0.39 is 16.1 Å². The Morgan fingerprint density at radius 1 is 1.25 bits per heavy atom. The van der Waals surface area contributed by atoms with E-state index in [0.717, 1.165) is 0 Å². The number of carbonyl (C=O) groups excluding carboxylic acids is 1. The molecule has 1 aliphatic rings. The molecular weight excluding hydrogens is 282 g/mol. The van der Waals surface area contributed by atoms with Crippen molar-refractivity contribution in [2.24, 2.45) is 0 Å². The molecule has 1 saturated heterocycles. The third-order valence-corrected chi connectivity index (χ3v) is 5.06. The van der Waals surface area contributed by atoms with Gasteiger partial charge in [-0.05, 0) is 18.2 Å². The zero-order chi connectivity index (χ0) is 14.8. The van der Waals surface area contributed by atoms with Crippen molar-refractivity contribution < 1.29 is 17.9 Å². The van der Waals surface area contributed by atoms with Crippen LogP contribution >= 0.6 is 0 Å². The summed E-state index contributed by atoms with van der Waals surface area (Å²) >= 11 is 0. The number of piperazine rings is 1. The van der Waals surface area contributed by atoms with Gasteiger partial charge in [0.25, 0.3) is 0 Å². The summed E-state index contributed by atoms with van der Waals surface area (Å²) in [7, 11) is -2.26. The standard InChI is InChI=1S/C12H17N3O4S/c1-19-12(16)14-5-7-15(8-6-14)20(17,18)11-4-2-3-10(13)9-11/h2-4,9H,5-8,13H2,1H3. The molecule has 1 fully saturated rings. The number of amides is 1. The Kier molecular flexibility index (Phi) is 4.15. The van der Waals surface area contributed by atoms with Crippen LogP contribution in [0.25, 0.3) is 0 Å². The minimum absolute atomic E-state index is 0.170. The maximum absolute atomic E-state index is 12.4. The minimum atomic E-state index is -3.57. The summed E-state index contributed by atoms with van der Waals surface area (Å²) < 4.78 is 30.8. The van der Waals surface area contributed by atoms with E-state index in [1.54, 1.807) is 12.1 Å². The van der Waals surface area contributed by atoms with Gasteiger partial charge in [-0.15, -0.1) is 0 Å². The first-order valence-corrected chi connectivity index (χ1v) is 7.58. The zero-order valence-electron chi connectivity index (χ0n) is 11.2. The first-order chi connectivity index (χ1) is 9.45. The molecule has 1 aliphatic heterocycles. The number of ether oxygens (including phenoxy) is 1. The van der Waals surface area contributed by atoms with E-state index in [-0.39, 0.29) is 18.0 Å². The van der Waals surface area contributed by atoms with Crippen molar-refractivity contribution in [3.63, 3.8) is 0 Å². The number of hydrogen-bond donors (Lipinski definition) is 1. The summed E-state index contributed by atoms with van der Waals surface area (Å²) in [6.07, 6.45) is -0.439. The quantitative estimate of drug-likeness (QED) is 0.795. The number of benzene rings is 1. The molecule has 0 saturated carbocycles. The average molecular weight is 299 g/mol. The summed E-state index contributed by atoms with van der Waals surface area (Å²) in [6.45, 7) is 1.11. The largest absolute Gasteiger partial charge is 0.453 e. The summed E-state index contributed by atoms with van der Waals surface area (Å²) in [5.74, 6) is 0. The predicted octanol–water partition coefficient (Wildman–Crippen LogP) is 0.341. The SMILES string of the molecule is COC(=O)N1CCN(S(=O)(=O)c2cccc(N)c2)CC1. The minimum Gasteiger partial charge on any atom is -0.453 e. The molecule has 0 bridgehead atoms. The van der Waals surface area contributed by atoms with E-state index in [1.165, 1.54) is 28.4 Å². The predicted molar refractivity (Wildman–Crippen MR) is 73.6 cm³/mol. The second kappa shape index (κ2) is 5.68. The number of rotatable bonds is 2. The lowest BCUT2D eigenvalue weighted by atomic mass is 10.3. The lowest BCUT2D eigenvalue weighted by Crippen LogP contribution is -2.50. The maximum atomic E-state index is 12.4. The van der Waals surface area contributed by atoms with Crippen molar-refractivity contribution in [2.45, 2.75) is 4.90 Å². The number of anilines is 1. The van der Waals surface area contributed by atoms with Gasteiger partial charge in [-0.1, -0.05) is 6.07 Å². The number of methoxy groups -OCH3 is 1. The van der Waals surface area contributed by atoms with Gasteiger partial charge in [0.05, 0.1) is 12.0 Å². The van der Waals surface area contributed by atoms with E-state index in [0.29, 0.717) is 18.8 Å². The van der Waals surface area contributed by atoms with Gasteiger partial charge in [-0.25, -0.2) is 13.2 Å². The first kappa shape index (κ1) is 14.6. The molecule has 0 atom stereocenters. The Morgan fingerprint density at radius 2 is 1.90 bits per heavy atom. The third kappa shape index (κ3) is 2.86. The fourth-order valence-electron chi connectivity index (χ4n) is 2.06. The lowest BCUT2D eigenvalue weighted by molar-refractivity contribution is 0.108. The van der Waals surface area contributed by atoms with Gasteiger partial charge in [0, 0.05) is 31.9 Å². The number of carbonyl (C=O) groups is 1. The van der Waals surface area contributed by atoms with Crippen LogP contribution < -0.4 is 5.73 Å². The molecule has 20 heavy (non-hydrogen) atoms. The number of nitrogens with zero attached hydrogens (tertiary/aromatic N) is 2. The number of hydrogen-bond acceptors (Lipinski definition) is 5. The fourth-order valence-corrected chi connectivity index (χ4v) is 3.54. The molecule has 0 spiro atoms. The number of nitrogen functional groups attached to an aromatic ring is 1. The molecular formula is C12H17N3O4S. The monoisotopic (exact) mass is 299 g/mol. The second-order valence-electron chi connectivity index (χ2n) is 4.43. The highest BCUT2D eigenvalue weighted by atomic mass is 32.2. The summed E-state index contributed by atoms with van der Waals surface area (Å²) in [4.78, 5) is 13.0. The van der Waals surface area contributed by atoms with Gasteiger partial charge in [0.1, 0.15) is 0 Å². The highest BCUT2D eigenvalue weighted by Crippen LogP contribution is 2.19. The van der Waals surface area contributed by atoms with Crippen molar-refractivity contribution in [1.82, 2.24) is 9.21 Å². The van der Waals surface area contributed by atoms with Gasteiger partial charge < -0.3 is 15.4 Å². The van der Waals surface area contributed by atoms with Crippen LogP contribution in [0.1, 0.15) is 0 Å². The van der Waals surface area contributed by atoms with Crippen LogP contribution in [0.5, 0.6) is 0 Å². The van der Waals surface area contributed by atoms with Gasteiger partial charge in [0.15, 0.2) is 0 Å². The summed E-state index contributed by atoms with van der Waals surface area (Å²) in [6, 6.07) is 6.18. The Hall–Kier alpha value is -1.80. The lowest BCUT2D eigenvalue weighted by Gasteiger charge is -2.33. The summed E-state index contributed by atoms with van der Waals surface area (Å²) in [5.41, 5.74) is 6.01. The van der Waals surface area contributed by atoms with Crippen molar-refractivity contribution in [3.8, 4) is 0 Å². The molecule has 1 heterocycles. The molecule has 1 aromatic carbocycles. The van der Waals surface area contributed by atoms with E-state index in [4.69, 9.17) is 5.73 Å². The van der Waals surface area contributed by atoms with Crippen LogP contribution in [0, 0.1) is 0 Å². The van der Waals surface area contributed by atoms with Gasteiger partial charge in [-0.3, -0.25) is 0 Å². The number of nitrogens with two attached hydrogens (primary N) is 1. The normalized spacial score (nSPS) is 16.9. The smallest absolute Gasteiger partial charge is 0.409 e. The van der Waals surface area contributed by atoms with Crippen molar-refractivity contribution in [3.05, 3.63) is 24.3 Å². The number of sulfonamides is 1. The Bertz CT molecular complexity index is 594. The van der Waals surface area contributed by atoms with Crippen LogP contribution in [-0.4, -0.2) is 57.0 Å². The molecule has 0 radical (unpaired) electrons.